The van der Waals surface area contributed by atoms with Gasteiger partial charge in [0.25, 0.3) is 0 Å². The van der Waals surface area contributed by atoms with Crippen LogP contribution in [-0.4, -0.2) is 33.7 Å². The minimum atomic E-state index is -3.56. The molecule has 0 unspecified atom stereocenters. The fraction of sp³-hybridized carbons (Fsp3) is 0.222. The predicted octanol–water partition coefficient (Wildman–Crippen LogP) is 1.82. The second-order valence-corrected chi connectivity index (χ2v) is 7.52. The van der Waals surface area contributed by atoms with Crippen LogP contribution in [0, 0.1) is 17.1 Å². The Bertz CT molecular complexity index is 921. The summed E-state index contributed by atoms with van der Waals surface area (Å²) in [6, 6.07) is 14.0. The zero-order valence-corrected chi connectivity index (χ0v) is 15.0. The number of sulfonamides is 1. The number of hydrogen-bond acceptors (Lipinski definition) is 4. The summed E-state index contributed by atoms with van der Waals surface area (Å²) in [5.41, 5.74) is 1.09. The molecule has 2 rings (SSSR count). The van der Waals surface area contributed by atoms with Crippen LogP contribution in [0.5, 0.6) is 0 Å². The molecule has 0 spiro atoms. The Balaban J connectivity index is 1.98. The first-order valence-electron chi connectivity index (χ1n) is 7.79. The lowest BCUT2D eigenvalue weighted by Gasteiger charge is -2.22. The lowest BCUT2D eigenvalue weighted by atomic mass is 10.1. The average Bonchev–Trinajstić information content (AvgIpc) is 2.60. The molecule has 26 heavy (non-hydrogen) atoms. The molecule has 2 aromatic rings. The van der Waals surface area contributed by atoms with Crippen molar-refractivity contribution in [2.45, 2.75) is 6.42 Å². The van der Waals surface area contributed by atoms with E-state index in [1.165, 1.54) is 42.5 Å². The smallest absolute Gasteiger partial charge is 0.232 e. The first-order chi connectivity index (χ1) is 12.3. The van der Waals surface area contributed by atoms with Gasteiger partial charge in [0, 0.05) is 6.54 Å². The van der Waals surface area contributed by atoms with Crippen molar-refractivity contribution in [2.75, 3.05) is 23.7 Å². The number of carbonyl (C=O) groups is 1. The first kappa shape index (κ1) is 19.4. The van der Waals surface area contributed by atoms with Crippen molar-refractivity contribution in [3.63, 3.8) is 0 Å². The van der Waals surface area contributed by atoms with Gasteiger partial charge in [-0.1, -0.05) is 18.2 Å². The van der Waals surface area contributed by atoms with Gasteiger partial charge in [-0.25, -0.2) is 12.8 Å². The molecule has 0 saturated carbocycles. The van der Waals surface area contributed by atoms with Crippen LogP contribution < -0.4 is 9.62 Å². The standard InChI is InChI=1S/C18H18FN3O3S/c1-26(24,25)22(16-8-6-14(13-20)7-9-16)11-10-21-18(23)12-15-4-2-3-5-17(15)19/h2-9H,10-12H2,1H3,(H,21,23). The molecule has 1 N–H and O–H groups in total. The lowest BCUT2D eigenvalue weighted by Crippen LogP contribution is -2.38. The van der Waals surface area contributed by atoms with E-state index in [2.05, 4.69) is 5.32 Å². The Hall–Kier alpha value is -2.92. The van der Waals surface area contributed by atoms with Gasteiger partial charge in [-0.2, -0.15) is 5.26 Å². The molecule has 0 bridgehead atoms. The van der Waals surface area contributed by atoms with Crippen molar-refractivity contribution in [1.82, 2.24) is 5.32 Å². The van der Waals surface area contributed by atoms with E-state index in [-0.39, 0.29) is 25.1 Å². The lowest BCUT2D eigenvalue weighted by molar-refractivity contribution is -0.120. The number of nitrogens with one attached hydrogen (secondary N) is 1. The van der Waals surface area contributed by atoms with E-state index < -0.39 is 21.7 Å². The van der Waals surface area contributed by atoms with Crippen LogP contribution in [0.15, 0.2) is 48.5 Å². The molecular weight excluding hydrogens is 357 g/mol. The molecule has 0 aromatic heterocycles. The highest BCUT2D eigenvalue weighted by Gasteiger charge is 2.17. The number of amides is 1. The van der Waals surface area contributed by atoms with E-state index in [1.54, 1.807) is 6.07 Å². The molecular formula is C18H18FN3O3S. The van der Waals surface area contributed by atoms with Crippen LogP contribution in [0.4, 0.5) is 10.1 Å². The van der Waals surface area contributed by atoms with Gasteiger partial charge in [0.2, 0.25) is 15.9 Å². The maximum atomic E-state index is 13.5. The van der Waals surface area contributed by atoms with Crippen LogP contribution in [0.1, 0.15) is 11.1 Å². The van der Waals surface area contributed by atoms with E-state index in [0.717, 1.165) is 10.6 Å². The summed E-state index contributed by atoms with van der Waals surface area (Å²) in [6.45, 7) is 0.0914. The molecule has 0 atom stereocenters. The summed E-state index contributed by atoms with van der Waals surface area (Å²) in [6.07, 6.45) is 0.939. The van der Waals surface area contributed by atoms with Crippen LogP contribution in [0.3, 0.4) is 0 Å². The van der Waals surface area contributed by atoms with Crippen LogP contribution >= 0.6 is 0 Å². The van der Waals surface area contributed by atoms with Gasteiger partial charge in [-0.15, -0.1) is 0 Å². The van der Waals surface area contributed by atoms with Crippen molar-refractivity contribution in [1.29, 1.82) is 5.26 Å². The summed E-state index contributed by atoms with van der Waals surface area (Å²) in [7, 11) is -3.56. The molecule has 0 aliphatic carbocycles. The summed E-state index contributed by atoms with van der Waals surface area (Å²) in [5.74, 6) is -0.860. The number of carbonyl (C=O) groups excluding carboxylic acids is 1. The Morgan fingerprint density at radius 3 is 2.42 bits per heavy atom. The molecule has 1 amide bonds. The van der Waals surface area contributed by atoms with Crippen molar-refractivity contribution in [3.05, 3.63) is 65.5 Å². The first-order valence-corrected chi connectivity index (χ1v) is 9.64. The molecule has 0 saturated heterocycles. The van der Waals surface area contributed by atoms with Crippen molar-refractivity contribution in [3.8, 4) is 6.07 Å². The van der Waals surface area contributed by atoms with Gasteiger partial charge in [-0.3, -0.25) is 9.10 Å². The molecule has 136 valence electrons. The molecule has 8 heteroatoms. The predicted molar refractivity (Wildman–Crippen MR) is 96.5 cm³/mol. The topological polar surface area (TPSA) is 90.3 Å². The van der Waals surface area contributed by atoms with Crippen molar-refractivity contribution in [2.24, 2.45) is 0 Å². The van der Waals surface area contributed by atoms with Gasteiger partial charge in [-0.05, 0) is 35.9 Å². The Kier molecular flexibility index (Phi) is 6.31. The van der Waals surface area contributed by atoms with Gasteiger partial charge in [0.1, 0.15) is 5.82 Å². The number of halogens is 1. The van der Waals surface area contributed by atoms with E-state index in [4.69, 9.17) is 5.26 Å². The Morgan fingerprint density at radius 1 is 1.19 bits per heavy atom. The van der Waals surface area contributed by atoms with Crippen molar-refractivity contribution >= 4 is 21.6 Å². The van der Waals surface area contributed by atoms with Crippen LogP contribution in [0.25, 0.3) is 0 Å². The number of anilines is 1. The van der Waals surface area contributed by atoms with Gasteiger partial charge >= 0.3 is 0 Å². The minimum Gasteiger partial charge on any atom is -0.354 e. The third-order valence-corrected chi connectivity index (χ3v) is 4.82. The third kappa shape index (κ3) is 5.29. The SMILES string of the molecule is CS(=O)(=O)N(CCNC(=O)Cc1ccccc1F)c1ccc(C#N)cc1. The highest BCUT2D eigenvalue weighted by molar-refractivity contribution is 7.92. The largest absolute Gasteiger partial charge is 0.354 e. The number of nitrogens with zero attached hydrogens (tertiary/aromatic N) is 2. The van der Waals surface area contributed by atoms with E-state index >= 15 is 0 Å². The molecule has 0 aliphatic rings. The molecule has 0 aliphatic heterocycles. The van der Waals surface area contributed by atoms with Gasteiger partial charge in [0.05, 0.1) is 36.5 Å². The highest BCUT2D eigenvalue weighted by Crippen LogP contribution is 2.17. The van der Waals surface area contributed by atoms with E-state index in [9.17, 15) is 17.6 Å². The molecule has 0 heterocycles. The summed E-state index contributed by atoms with van der Waals surface area (Å²) in [5, 5.41) is 11.4. The van der Waals surface area contributed by atoms with Crippen LogP contribution in [0.2, 0.25) is 0 Å². The second-order valence-electron chi connectivity index (χ2n) is 5.61. The van der Waals surface area contributed by atoms with Gasteiger partial charge < -0.3 is 5.32 Å². The fourth-order valence-corrected chi connectivity index (χ4v) is 3.29. The summed E-state index contributed by atoms with van der Waals surface area (Å²) in [4.78, 5) is 11.9. The molecule has 0 radical (unpaired) electrons. The van der Waals surface area contributed by atoms with Crippen LogP contribution in [-0.2, 0) is 21.2 Å². The average molecular weight is 375 g/mol. The Morgan fingerprint density at radius 2 is 1.85 bits per heavy atom. The maximum absolute atomic E-state index is 13.5. The minimum absolute atomic E-state index is 0.0216. The normalized spacial score (nSPS) is 10.8. The highest BCUT2D eigenvalue weighted by atomic mass is 32.2. The summed E-state index contributed by atoms with van der Waals surface area (Å²) < 4.78 is 38.7. The number of benzene rings is 2. The Labute approximate surface area is 151 Å². The number of nitriles is 1. The second kappa shape index (κ2) is 8.45. The number of hydrogen-bond donors (Lipinski definition) is 1. The third-order valence-electron chi connectivity index (χ3n) is 3.63. The molecule has 2 aromatic carbocycles. The van der Waals surface area contributed by atoms with Crippen molar-refractivity contribution < 1.29 is 17.6 Å². The van der Waals surface area contributed by atoms with E-state index in [0.29, 0.717) is 11.3 Å². The fourth-order valence-electron chi connectivity index (χ4n) is 2.36. The van der Waals surface area contributed by atoms with E-state index in [1.807, 2.05) is 6.07 Å². The maximum Gasteiger partial charge on any atom is 0.232 e. The van der Waals surface area contributed by atoms with Gasteiger partial charge in [0.15, 0.2) is 0 Å². The quantitative estimate of drug-likeness (QED) is 0.799. The monoisotopic (exact) mass is 375 g/mol. The molecule has 0 fully saturated rings. The molecule has 6 nitrogen and oxygen atoms in total. The zero-order chi connectivity index (χ0) is 19.2. The summed E-state index contributed by atoms with van der Waals surface area (Å²) >= 11 is 0. The number of rotatable bonds is 7. The zero-order valence-electron chi connectivity index (χ0n) is 14.1.